The van der Waals surface area contributed by atoms with Crippen molar-refractivity contribution < 1.29 is 9.59 Å². The molecule has 2 N–H and O–H groups in total. The lowest BCUT2D eigenvalue weighted by Gasteiger charge is -2.08. The summed E-state index contributed by atoms with van der Waals surface area (Å²) in [7, 11) is 0. The van der Waals surface area contributed by atoms with Gasteiger partial charge in [0.2, 0.25) is 5.91 Å². The van der Waals surface area contributed by atoms with Gasteiger partial charge in [0.25, 0.3) is 5.91 Å². The van der Waals surface area contributed by atoms with Crippen molar-refractivity contribution in [2.75, 3.05) is 16.4 Å². The summed E-state index contributed by atoms with van der Waals surface area (Å²) in [6.45, 7) is 1.96. The van der Waals surface area contributed by atoms with Crippen molar-refractivity contribution in [3.05, 3.63) is 90.0 Å². The molecular formula is C22H20N2O2S. The molecule has 3 rings (SSSR count). The van der Waals surface area contributed by atoms with Crippen LogP contribution in [-0.2, 0) is 4.79 Å². The zero-order valence-corrected chi connectivity index (χ0v) is 15.8. The van der Waals surface area contributed by atoms with Crippen molar-refractivity contribution in [1.82, 2.24) is 0 Å². The van der Waals surface area contributed by atoms with Crippen molar-refractivity contribution in [3.8, 4) is 0 Å². The van der Waals surface area contributed by atoms with Gasteiger partial charge in [-0.3, -0.25) is 9.59 Å². The van der Waals surface area contributed by atoms with Crippen LogP contribution in [0.2, 0.25) is 0 Å². The number of aryl methyl sites for hydroxylation is 1. The van der Waals surface area contributed by atoms with E-state index in [1.807, 2.05) is 79.7 Å². The van der Waals surface area contributed by atoms with E-state index in [9.17, 15) is 9.59 Å². The van der Waals surface area contributed by atoms with Crippen molar-refractivity contribution in [1.29, 1.82) is 0 Å². The molecule has 0 aliphatic rings. The molecular weight excluding hydrogens is 356 g/mol. The van der Waals surface area contributed by atoms with E-state index in [1.54, 1.807) is 6.07 Å². The number of nitrogens with one attached hydrogen (secondary N) is 2. The average molecular weight is 376 g/mol. The van der Waals surface area contributed by atoms with Gasteiger partial charge in [-0.2, -0.15) is 0 Å². The highest BCUT2D eigenvalue weighted by atomic mass is 32.2. The lowest BCUT2D eigenvalue weighted by molar-refractivity contribution is -0.113. The molecule has 0 unspecified atom stereocenters. The van der Waals surface area contributed by atoms with Gasteiger partial charge in [0.1, 0.15) is 0 Å². The van der Waals surface area contributed by atoms with Gasteiger partial charge in [-0.1, -0.05) is 35.9 Å². The Bertz CT molecular complexity index is 925. The molecule has 2 amide bonds. The zero-order valence-electron chi connectivity index (χ0n) is 14.9. The van der Waals surface area contributed by atoms with Crippen LogP contribution in [0.4, 0.5) is 11.4 Å². The molecule has 0 atom stereocenters. The molecule has 3 aromatic carbocycles. The second-order valence-corrected chi connectivity index (χ2v) is 7.10. The van der Waals surface area contributed by atoms with Crippen molar-refractivity contribution in [2.24, 2.45) is 0 Å². The van der Waals surface area contributed by atoms with Crippen LogP contribution < -0.4 is 10.6 Å². The number of carbonyl (C=O) groups is 2. The highest BCUT2D eigenvalue weighted by Gasteiger charge is 2.07. The SMILES string of the molecule is Cc1cccc(C(=O)Nc2ccc(SCC(=O)Nc3ccccc3)cc2)c1. The Morgan fingerprint density at radius 1 is 0.815 bits per heavy atom. The first-order chi connectivity index (χ1) is 13.1. The first kappa shape index (κ1) is 18.7. The lowest BCUT2D eigenvalue weighted by Crippen LogP contribution is -2.13. The van der Waals surface area contributed by atoms with Gasteiger partial charge in [-0.05, 0) is 55.5 Å². The summed E-state index contributed by atoms with van der Waals surface area (Å²) >= 11 is 1.45. The maximum absolute atomic E-state index is 12.3. The Balaban J connectivity index is 1.51. The molecule has 3 aromatic rings. The molecule has 4 nitrogen and oxygen atoms in total. The quantitative estimate of drug-likeness (QED) is 0.597. The molecule has 0 aliphatic heterocycles. The number of carbonyl (C=O) groups excluding carboxylic acids is 2. The van der Waals surface area contributed by atoms with Gasteiger partial charge < -0.3 is 10.6 Å². The van der Waals surface area contributed by atoms with Gasteiger partial charge in [-0.25, -0.2) is 0 Å². The van der Waals surface area contributed by atoms with E-state index in [4.69, 9.17) is 0 Å². The fourth-order valence-electron chi connectivity index (χ4n) is 2.49. The normalized spacial score (nSPS) is 10.3. The van der Waals surface area contributed by atoms with E-state index in [1.165, 1.54) is 11.8 Å². The van der Waals surface area contributed by atoms with Gasteiger partial charge in [0.05, 0.1) is 5.75 Å². The maximum atomic E-state index is 12.3. The van der Waals surface area contributed by atoms with Crippen LogP contribution in [-0.4, -0.2) is 17.6 Å². The third-order valence-electron chi connectivity index (χ3n) is 3.82. The summed E-state index contributed by atoms with van der Waals surface area (Å²) in [6, 6.07) is 24.3. The number of rotatable bonds is 6. The molecule has 136 valence electrons. The van der Waals surface area contributed by atoms with Gasteiger partial charge in [-0.15, -0.1) is 11.8 Å². The van der Waals surface area contributed by atoms with Crippen LogP contribution in [0.1, 0.15) is 15.9 Å². The molecule has 5 heteroatoms. The minimum Gasteiger partial charge on any atom is -0.325 e. The molecule has 0 bridgehead atoms. The average Bonchev–Trinajstić information content (AvgIpc) is 2.68. The number of amides is 2. The Morgan fingerprint density at radius 3 is 2.22 bits per heavy atom. The Hall–Kier alpha value is -3.05. The van der Waals surface area contributed by atoms with Crippen LogP contribution in [0.15, 0.2) is 83.8 Å². The molecule has 0 radical (unpaired) electrons. The topological polar surface area (TPSA) is 58.2 Å². The van der Waals surface area contributed by atoms with Crippen molar-refractivity contribution in [3.63, 3.8) is 0 Å². The van der Waals surface area contributed by atoms with E-state index in [2.05, 4.69) is 10.6 Å². The first-order valence-electron chi connectivity index (χ1n) is 8.56. The smallest absolute Gasteiger partial charge is 0.255 e. The summed E-state index contributed by atoms with van der Waals surface area (Å²) in [5.74, 6) is 0.133. The number of hydrogen-bond donors (Lipinski definition) is 2. The van der Waals surface area contributed by atoms with Crippen LogP contribution in [0, 0.1) is 6.92 Å². The maximum Gasteiger partial charge on any atom is 0.255 e. The standard InChI is InChI=1S/C22H20N2O2S/c1-16-6-5-7-17(14-16)22(26)24-19-10-12-20(13-11-19)27-15-21(25)23-18-8-3-2-4-9-18/h2-14H,15H2,1H3,(H,23,25)(H,24,26). The van der Waals surface area contributed by atoms with E-state index in [0.717, 1.165) is 21.8 Å². The Kier molecular flexibility index (Phi) is 6.28. The number of thioether (sulfide) groups is 1. The van der Waals surface area contributed by atoms with Crippen LogP contribution in [0.3, 0.4) is 0 Å². The monoisotopic (exact) mass is 376 g/mol. The second kappa shape index (κ2) is 9.05. The molecule has 0 aliphatic carbocycles. The number of para-hydroxylation sites is 1. The van der Waals surface area contributed by atoms with Crippen molar-refractivity contribution >= 4 is 35.0 Å². The lowest BCUT2D eigenvalue weighted by atomic mass is 10.1. The van der Waals surface area contributed by atoms with E-state index in [0.29, 0.717) is 11.3 Å². The predicted molar refractivity (Wildman–Crippen MR) is 111 cm³/mol. The van der Waals surface area contributed by atoms with E-state index < -0.39 is 0 Å². The molecule has 0 spiro atoms. The molecule has 0 aromatic heterocycles. The van der Waals surface area contributed by atoms with E-state index in [-0.39, 0.29) is 11.8 Å². The predicted octanol–water partition coefficient (Wildman–Crippen LogP) is 4.98. The molecule has 0 fully saturated rings. The van der Waals surface area contributed by atoms with Gasteiger partial charge >= 0.3 is 0 Å². The summed E-state index contributed by atoms with van der Waals surface area (Å²) in [4.78, 5) is 25.2. The van der Waals surface area contributed by atoms with Gasteiger partial charge in [0.15, 0.2) is 0 Å². The minimum absolute atomic E-state index is 0.0528. The summed E-state index contributed by atoms with van der Waals surface area (Å²) in [5, 5.41) is 5.74. The minimum atomic E-state index is -0.138. The van der Waals surface area contributed by atoms with Gasteiger partial charge in [0, 0.05) is 21.8 Å². The number of anilines is 2. The highest BCUT2D eigenvalue weighted by molar-refractivity contribution is 8.00. The van der Waals surface area contributed by atoms with Crippen molar-refractivity contribution in [2.45, 2.75) is 11.8 Å². The number of benzene rings is 3. The summed E-state index contributed by atoms with van der Waals surface area (Å²) < 4.78 is 0. The molecule has 0 saturated carbocycles. The largest absolute Gasteiger partial charge is 0.325 e. The fraction of sp³-hybridized carbons (Fsp3) is 0.0909. The van der Waals surface area contributed by atoms with Crippen LogP contribution in [0.5, 0.6) is 0 Å². The third-order valence-corrected chi connectivity index (χ3v) is 4.83. The number of hydrogen-bond acceptors (Lipinski definition) is 3. The molecule has 27 heavy (non-hydrogen) atoms. The van der Waals surface area contributed by atoms with Crippen LogP contribution in [0.25, 0.3) is 0 Å². The fourth-order valence-corrected chi connectivity index (χ4v) is 3.19. The zero-order chi connectivity index (χ0) is 19.1. The van der Waals surface area contributed by atoms with Crippen LogP contribution >= 0.6 is 11.8 Å². The summed E-state index contributed by atoms with van der Waals surface area (Å²) in [5.41, 5.74) is 3.19. The molecule has 0 heterocycles. The summed E-state index contributed by atoms with van der Waals surface area (Å²) in [6.07, 6.45) is 0. The Labute approximate surface area is 163 Å². The van der Waals surface area contributed by atoms with E-state index >= 15 is 0 Å². The Morgan fingerprint density at radius 2 is 1.52 bits per heavy atom. The second-order valence-electron chi connectivity index (χ2n) is 6.05. The highest BCUT2D eigenvalue weighted by Crippen LogP contribution is 2.21. The first-order valence-corrected chi connectivity index (χ1v) is 9.54. The molecule has 0 saturated heterocycles. The third kappa shape index (κ3) is 5.72.